The number of amides is 3. The SMILES string of the molecule is Cc1oc(-c2cccs2)nc1CN1C(=O)NC2(CCNCC2)C1=O. The van der Waals surface area contributed by atoms with E-state index in [1.165, 1.54) is 16.2 Å². The van der Waals surface area contributed by atoms with E-state index in [2.05, 4.69) is 15.6 Å². The zero-order valence-electron chi connectivity index (χ0n) is 13.3. The number of rotatable bonds is 3. The zero-order valence-corrected chi connectivity index (χ0v) is 14.1. The lowest BCUT2D eigenvalue weighted by Crippen LogP contribution is -2.53. The summed E-state index contributed by atoms with van der Waals surface area (Å²) in [5, 5.41) is 8.05. The van der Waals surface area contributed by atoms with Crippen LogP contribution in [0, 0.1) is 6.92 Å². The van der Waals surface area contributed by atoms with Gasteiger partial charge in [-0.15, -0.1) is 11.3 Å². The van der Waals surface area contributed by atoms with Crippen LogP contribution < -0.4 is 10.6 Å². The van der Waals surface area contributed by atoms with Crippen molar-refractivity contribution in [2.45, 2.75) is 31.8 Å². The van der Waals surface area contributed by atoms with E-state index in [-0.39, 0.29) is 18.5 Å². The number of oxazole rings is 1. The molecule has 0 aliphatic carbocycles. The molecule has 2 aromatic rings. The number of hydrogen-bond donors (Lipinski definition) is 2. The van der Waals surface area contributed by atoms with Gasteiger partial charge < -0.3 is 15.1 Å². The van der Waals surface area contributed by atoms with E-state index >= 15 is 0 Å². The number of urea groups is 1. The maximum Gasteiger partial charge on any atom is 0.325 e. The summed E-state index contributed by atoms with van der Waals surface area (Å²) in [6.07, 6.45) is 1.23. The number of nitrogens with one attached hydrogen (secondary N) is 2. The molecule has 0 bridgehead atoms. The van der Waals surface area contributed by atoms with E-state index < -0.39 is 5.54 Å². The van der Waals surface area contributed by atoms with Gasteiger partial charge in [0.05, 0.1) is 11.4 Å². The number of hydrogen-bond acceptors (Lipinski definition) is 6. The molecule has 3 amide bonds. The largest absolute Gasteiger partial charge is 0.440 e. The Labute approximate surface area is 143 Å². The first-order chi connectivity index (χ1) is 11.6. The standard InChI is InChI=1S/C16H18N4O3S/c1-10-11(18-13(23-10)12-3-2-8-24-12)9-20-14(21)16(19-15(20)22)4-6-17-7-5-16/h2-3,8,17H,4-7,9H2,1H3,(H,19,22). The van der Waals surface area contributed by atoms with Crippen molar-refractivity contribution in [1.82, 2.24) is 20.5 Å². The van der Waals surface area contributed by atoms with Crippen molar-refractivity contribution in [1.29, 1.82) is 0 Å². The first kappa shape index (κ1) is 15.3. The highest BCUT2D eigenvalue weighted by molar-refractivity contribution is 7.13. The minimum absolute atomic E-state index is 0.139. The van der Waals surface area contributed by atoms with Gasteiger partial charge in [0, 0.05) is 0 Å². The summed E-state index contributed by atoms with van der Waals surface area (Å²) in [4.78, 5) is 31.8. The number of nitrogens with zero attached hydrogens (tertiary/aromatic N) is 2. The average molecular weight is 346 g/mol. The van der Waals surface area contributed by atoms with Crippen LogP contribution in [0.15, 0.2) is 21.9 Å². The number of imide groups is 1. The molecule has 2 aliphatic rings. The van der Waals surface area contributed by atoms with Crippen LogP contribution in [0.1, 0.15) is 24.3 Å². The summed E-state index contributed by atoms with van der Waals surface area (Å²) >= 11 is 1.54. The van der Waals surface area contributed by atoms with Crippen LogP contribution in [0.2, 0.25) is 0 Å². The molecule has 4 rings (SSSR count). The van der Waals surface area contributed by atoms with Crippen LogP contribution in [0.5, 0.6) is 0 Å². The van der Waals surface area contributed by atoms with Gasteiger partial charge in [0.1, 0.15) is 17.0 Å². The van der Waals surface area contributed by atoms with Gasteiger partial charge in [0.15, 0.2) is 0 Å². The summed E-state index contributed by atoms with van der Waals surface area (Å²) < 4.78 is 5.70. The molecular weight excluding hydrogens is 328 g/mol. The molecule has 2 aliphatic heterocycles. The fraction of sp³-hybridized carbons (Fsp3) is 0.438. The Balaban J connectivity index is 1.57. The summed E-state index contributed by atoms with van der Waals surface area (Å²) in [7, 11) is 0. The van der Waals surface area contributed by atoms with Gasteiger partial charge in [0.2, 0.25) is 5.89 Å². The minimum atomic E-state index is -0.753. The van der Waals surface area contributed by atoms with Gasteiger partial charge in [-0.1, -0.05) is 6.07 Å². The van der Waals surface area contributed by atoms with E-state index in [0.29, 0.717) is 30.2 Å². The first-order valence-electron chi connectivity index (χ1n) is 7.94. The molecule has 126 valence electrons. The smallest absolute Gasteiger partial charge is 0.325 e. The molecule has 2 saturated heterocycles. The van der Waals surface area contributed by atoms with Crippen LogP contribution >= 0.6 is 11.3 Å². The monoisotopic (exact) mass is 346 g/mol. The Kier molecular flexibility index (Phi) is 3.65. The third kappa shape index (κ3) is 2.42. The Morgan fingerprint density at radius 1 is 1.38 bits per heavy atom. The molecule has 24 heavy (non-hydrogen) atoms. The second-order valence-corrected chi connectivity index (χ2v) is 7.10. The molecule has 0 unspecified atom stereocenters. The summed E-state index contributed by atoms with van der Waals surface area (Å²) in [5.74, 6) is 1.00. The third-order valence-corrected chi connectivity index (χ3v) is 5.49. The van der Waals surface area contributed by atoms with E-state index in [1.54, 1.807) is 6.92 Å². The second kappa shape index (κ2) is 5.71. The fourth-order valence-electron chi connectivity index (χ4n) is 3.24. The lowest BCUT2D eigenvalue weighted by atomic mass is 9.88. The molecule has 2 fully saturated rings. The molecule has 0 saturated carbocycles. The quantitative estimate of drug-likeness (QED) is 0.829. The number of aromatic nitrogens is 1. The van der Waals surface area contributed by atoms with Crippen LogP contribution in [-0.4, -0.2) is 40.5 Å². The number of thiophene rings is 1. The Bertz CT molecular complexity index is 777. The number of carbonyl (C=O) groups excluding carboxylic acids is 2. The van der Waals surface area contributed by atoms with Gasteiger partial charge in [-0.05, 0) is 44.3 Å². The van der Waals surface area contributed by atoms with Crippen molar-refractivity contribution >= 4 is 23.3 Å². The maximum absolute atomic E-state index is 12.8. The van der Waals surface area contributed by atoms with E-state index in [4.69, 9.17) is 4.42 Å². The predicted molar refractivity (Wildman–Crippen MR) is 88.5 cm³/mol. The number of piperidine rings is 1. The molecule has 0 radical (unpaired) electrons. The Morgan fingerprint density at radius 2 is 2.17 bits per heavy atom. The average Bonchev–Trinajstić information content (AvgIpc) is 3.26. The molecule has 2 N–H and O–H groups in total. The van der Waals surface area contributed by atoms with Gasteiger partial charge in [0.25, 0.3) is 5.91 Å². The highest BCUT2D eigenvalue weighted by Gasteiger charge is 2.51. The van der Waals surface area contributed by atoms with Crippen molar-refractivity contribution < 1.29 is 14.0 Å². The van der Waals surface area contributed by atoms with Crippen molar-refractivity contribution in [2.75, 3.05) is 13.1 Å². The normalized spacial score (nSPS) is 20.0. The molecule has 4 heterocycles. The number of aryl methyl sites for hydroxylation is 1. The molecule has 0 atom stereocenters. The lowest BCUT2D eigenvalue weighted by Gasteiger charge is -2.31. The fourth-order valence-corrected chi connectivity index (χ4v) is 3.89. The summed E-state index contributed by atoms with van der Waals surface area (Å²) in [5.41, 5.74) is -0.135. The molecule has 7 nitrogen and oxygen atoms in total. The van der Waals surface area contributed by atoms with Gasteiger partial charge in [-0.2, -0.15) is 0 Å². The predicted octanol–water partition coefficient (Wildman–Crippen LogP) is 1.89. The topological polar surface area (TPSA) is 87.5 Å². The molecule has 1 spiro atoms. The second-order valence-electron chi connectivity index (χ2n) is 6.15. The van der Waals surface area contributed by atoms with Crippen LogP contribution in [-0.2, 0) is 11.3 Å². The molecular formula is C16H18N4O3S. The molecule has 2 aromatic heterocycles. The number of carbonyl (C=O) groups is 2. The summed E-state index contributed by atoms with van der Waals surface area (Å²) in [6, 6.07) is 3.51. The Hall–Kier alpha value is -2.19. The van der Waals surface area contributed by atoms with Crippen molar-refractivity contribution in [3.8, 4) is 10.8 Å². The minimum Gasteiger partial charge on any atom is -0.440 e. The molecule has 0 aromatic carbocycles. The van der Waals surface area contributed by atoms with Crippen LogP contribution in [0.25, 0.3) is 10.8 Å². The lowest BCUT2D eigenvalue weighted by molar-refractivity contribution is -0.132. The van der Waals surface area contributed by atoms with Gasteiger partial charge in [-0.25, -0.2) is 9.78 Å². The van der Waals surface area contributed by atoms with Gasteiger partial charge in [-0.3, -0.25) is 9.69 Å². The van der Waals surface area contributed by atoms with E-state index in [0.717, 1.165) is 18.0 Å². The first-order valence-corrected chi connectivity index (χ1v) is 8.82. The molecule has 8 heteroatoms. The van der Waals surface area contributed by atoms with Crippen molar-refractivity contribution in [2.24, 2.45) is 0 Å². The Morgan fingerprint density at radius 3 is 2.88 bits per heavy atom. The van der Waals surface area contributed by atoms with Crippen molar-refractivity contribution in [3.05, 3.63) is 29.0 Å². The zero-order chi connectivity index (χ0) is 16.7. The highest BCUT2D eigenvalue weighted by atomic mass is 32.1. The van der Waals surface area contributed by atoms with E-state index in [9.17, 15) is 9.59 Å². The summed E-state index contributed by atoms with van der Waals surface area (Å²) in [6.45, 7) is 3.40. The van der Waals surface area contributed by atoms with Crippen LogP contribution in [0.3, 0.4) is 0 Å². The van der Waals surface area contributed by atoms with Crippen molar-refractivity contribution in [3.63, 3.8) is 0 Å². The third-order valence-electron chi connectivity index (χ3n) is 4.64. The maximum atomic E-state index is 12.8. The highest BCUT2D eigenvalue weighted by Crippen LogP contribution is 2.30. The van der Waals surface area contributed by atoms with E-state index in [1.807, 2.05) is 17.5 Å². The van der Waals surface area contributed by atoms with Gasteiger partial charge >= 0.3 is 6.03 Å². The van der Waals surface area contributed by atoms with Crippen LogP contribution in [0.4, 0.5) is 4.79 Å².